The van der Waals surface area contributed by atoms with Gasteiger partial charge in [-0.25, -0.2) is 4.79 Å². The van der Waals surface area contributed by atoms with Gasteiger partial charge in [-0.1, -0.05) is 24.3 Å². The van der Waals surface area contributed by atoms with Gasteiger partial charge in [0.05, 0.1) is 19.3 Å². The predicted molar refractivity (Wildman–Crippen MR) is 118 cm³/mol. The van der Waals surface area contributed by atoms with Gasteiger partial charge in [-0.15, -0.1) is 0 Å². The van der Waals surface area contributed by atoms with Gasteiger partial charge in [0.1, 0.15) is 17.6 Å². The molecule has 7 nitrogen and oxygen atoms in total. The Morgan fingerprint density at radius 3 is 2.68 bits per heavy atom. The molecule has 2 aromatic rings. The molecule has 1 fully saturated rings. The molecule has 2 aliphatic heterocycles. The fourth-order valence-electron chi connectivity index (χ4n) is 4.19. The second-order valence-corrected chi connectivity index (χ2v) is 8.12. The zero-order chi connectivity index (χ0) is 21.8. The number of hydrogen-bond acceptors (Lipinski definition) is 4. The second kappa shape index (κ2) is 9.29. The average molecular weight is 424 g/mol. The van der Waals surface area contributed by atoms with Gasteiger partial charge < -0.3 is 19.7 Å². The van der Waals surface area contributed by atoms with Crippen LogP contribution in [0.5, 0.6) is 11.5 Å². The highest BCUT2D eigenvalue weighted by atomic mass is 16.5. The molecular formula is C24H29N3O4. The van der Waals surface area contributed by atoms with Crippen LogP contribution in [0.15, 0.2) is 48.5 Å². The van der Waals surface area contributed by atoms with Gasteiger partial charge in [-0.3, -0.25) is 9.69 Å². The number of likely N-dealkylation sites (tertiary alicyclic amines) is 1. The predicted octanol–water partition coefficient (Wildman–Crippen LogP) is 3.43. The molecule has 2 aromatic carbocycles. The van der Waals surface area contributed by atoms with Crippen molar-refractivity contribution in [3.8, 4) is 11.5 Å². The van der Waals surface area contributed by atoms with Crippen LogP contribution in [0, 0.1) is 5.92 Å². The number of rotatable bonds is 4. The number of nitrogens with zero attached hydrogens (tertiary/aromatic N) is 2. The summed E-state index contributed by atoms with van der Waals surface area (Å²) < 4.78 is 11.1. The Hall–Kier alpha value is -3.22. The third-order valence-corrected chi connectivity index (χ3v) is 5.89. The number of benzene rings is 2. The largest absolute Gasteiger partial charge is 0.497 e. The summed E-state index contributed by atoms with van der Waals surface area (Å²) in [6.45, 7) is 4.11. The van der Waals surface area contributed by atoms with Gasteiger partial charge in [0.2, 0.25) is 5.91 Å². The van der Waals surface area contributed by atoms with Gasteiger partial charge in [0, 0.05) is 25.6 Å². The standard InChI is InChI=1S/C24H29N3O4/c1-17-16-27(21-8-3-4-9-22(21)31-17)24(29)26-12-10-19(11-13-26)23(28)25-15-18-6-5-7-20(14-18)30-2/h3-9,14,17,19H,10-13,15-16H2,1-2H3,(H,25,28)/t17-/m0/s1. The number of ether oxygens (including phenoxy) is 2. The molecule has 0 unspecified atom stereocenters. The zero-order valence-corrected chi connectivity index (χ0v) is 18.0. The van der Waals surface area contributed by atoms with Crippen LogP contribution in [0.4, 0.5) is 10.5 Å². The van der Waals surface area contributed by atoms with Gasteiger partial charge >= 0.3 is 6.03 Å². The molecule has 0 bridgehead atoms. The number of carbonyl (C=O) groups excluding carboxylic acids is 2. The maximum Gasteiger partial charge on any atom is 0.324 e. The number of para-hydroxylation sites is 2. The van der Waals surface area contributed by atoms with E-state index in [2.05, 4.69) is 5.32 Å². The maximum atomic E-state index is 13.2. The molecule has 0 aromatic heterocycles. The molecule has 1 atom stereocenters. The van der Waals surface area contributed by atoms with Crippen LogP contribution in [-0.4, -0.2) is 49.7 Å². The van der Waals surface area contributed by atoms with Crippen LogP contribution in [0.1, 0.15) is 25.3 Å². The molecule has 2 heterocycles. The lowest BCUT2D eigenvalue weighted by Gasteiger charge is -2.39. The third-order valence-electron chi connectivity index (χ3n) is 5.89. The first-order valence-electron chi connectivity index (χ1n) is 10.8. The highest BCUT2D eigenvalue weighted by molar-refractivity contribution is 5.94. The third kappa shape index (κ3) is 4.76. The summed E-state index contributed by atoms with van der Waals surface area (Å²) in [6, 6.07) is 15.3. The fraction of sp³-hybridized carbons (Fsp3) is 0.417. The van der Waals surface area contributed by atoms with E-state index in [-0.39, 0.29) is 24.0 Å². The summed E-state index contributed by atoms with van der Waals surface area (Å²) in [6.07, 6.45) is 1.27. The van der Waals surface area contributed by atoms with E-state index in [1.54, 1.807) is 12.0 Å². The molecule has 0 radical (unpaired) electrons. The van der Waals surface area contributed by atoms with E-state index in [0.717, 1.165) is 22.7 Å². The molecule has 164 valence electrons. The van der Waals surface area contributed by atoms with Crippen molar-refractivity contribution >= 4 is 17.6 Å². The van der Waals surface area contributed by atoms with Crippen LogP contribution >= 0.6 is 0 Å². The number of carbonyl (C=O) groups is 2. The first-order chi connectivity index (χ1) is 15.0. The normalized spacial score (nSPS) is 18.7. The maximum absolute atomic E-state index is 13.2. The van der Waals surface area contributed by atoms with Crippen molar-refractivity contribution < 1.29 is 19.1 Å². The Morgan fingerprint density at radius 1 is 1.13 bits per heavy atom. The summed E-state index contributed by atoms with van der Waals surface area (Å²) in [4.78, 5) is 29.5. The minimum atomic E-state index is -0.0782. The lowest BCUT2D eigenvalue weighted by molar-refractivity contribution is -0.126. The topological polar surface area (TPSA) is 71.1 Å². The minimum absolute atomic E-state index is 0.0159. The van der Waals surface area contributed by atoms with Crippen molar-refractivity contribution in [2.75, 3.05) is 31.6 Å². The van der Waals surface area contributed by atoms with Gasteiger partial charge in [-0.05, 0) is 49.6 Å². The van der Waals surface area contributed by atoms with Gasteiger partial charge in [0.15, 0.2) is 0 Å². The van der Waals surface area contributed by atoms with E-state index < -0.39 is 0 Å². The molecule has 7 heteroatoms. The average Bonchev–Trinajstić information content (AvgIpc) is 2.81. The number of piperidine rings is 1. The SMILES string of the molecule is COc1cccc(CNC(=O)C2CCN(C(=O)N3C[C@H](C)Oc4ccccc43)CC2)c1. The molecule has 1 N–H and O–H groups in total. The van der Waals surface area contributed by atoms with Crippen LogP contribution < -0.4 is 19.7 Å². The van der Waals surface area contributed by atoms with Gasteiger partial charge in [-0.2, -0.15) is 0 Å². The minimum Gasteiger partial charge on any atom is -0.497 e. The van der Waals surface area contributed by atoms with Crippen molar-refractivity contribution in [2.45, 2.75) is 32.4 Å². The van der Waals surface area contributed by atoms with Crippen LogP contribution in [-0.2, 0) is 11.3 Å². The van der Waals surface area contributed by atoms with Crippen molar-refractivity contribution in [1.82, 2.24) is 10.2 Å². The molecule has 31 heavy (non-hydrogen) atoms. The Balaban J connectivity index is 1.31. The first-order valence-corrected chi connectivity index (χ1v) is 10.8. The van der Waals surface area contributed by atoms with Crippen molar-refractivity contribution in [3.63, 3.8) is 0 Å². The quantitative estimate of drug-likeness (QED) is 0.818. The number of fused-ring (bicyclic) bond motifs is 1. The zero-order valence-electron chi connectivity index (χ0n) is 18.0. The molecule has 1 saturated heterocycles. The van der Waals surface area contributed by atoms with E-state index in [0.29, 0.717) is 39.0 Å². The van der Waals surface area contributed by atoms with E-state index in [9.17, 15) is 9.59 Å². The molecule has 0 spiro atoms. The number of methoxy groups -OCH3 is 1. The summed E-state index contributed by atoms with van der Waals surface area (Å²) in [5.74, 6) is 1.48. The Bertz CT molecular complexity index is 940. The van der Waals surface area contributed by atoms with E-state index in [1.165, 1.54) is 0 Å². The monoisotopic (exact) mass is 423 g/mol. The van der Waals surface area contributed by atoms with Crippen molar-refractivity contribution in [3.05, 3.63) is 54.1 Å². The first kappa shape index (κ1) is 21.0. The van der Waals surface area contributed by atoms with Crippen molar-refractivity contribution in [1.29, 1.82) is 0 Å². The molecule has 2 aliphatic rings. The Morgan fingerprint density at radius 2 is 1.90 bits per heavy atom. The summed E-state index contributed by atoms with van der Waals surface area (Å²) in [5, 5.41) is 3.02. The van der Waals surface area contributed by atoms with E-state index >= 15 is 0 Å². The lowest BCUT2D eigenvalue weighted by Crippen LogP contribution is -2.52. The molecule has 0 saturated carbocycles. The molecular weight excluding hydrogens is 394 g/mol. The molecule has 0 aliphatic carbocycles. The second-order valence-electron chi connectivity index (χ2n) is 8.12. The summed E-state index contributed by atoms with van der Waals surface area (Å²) in [7, 11) is 1.63. The van der Waals surface area contributed by atoms with Crippen LogP contribution in [0.3, 0.4) is 0 Å². The number of amides is 3. The van der Waals surface area contributed by atoms with Crippen LogP contribution in [0.2, 0.25) is 0 Å². The summed E-state index contributed by atoms with van der Waals surface area (Å²) in [5.41, 5.74) is 1.81. The molecule has 4 rings (SSSR count). The van der Waals surface area contributed by atoms with Crippen molar-refractivity contribution in [2.24, 2.45) is 5.92 Å². The lowest BCUT2D eigenvalue weighted by atomic mass is 9.96. The van der Waals surface area contributed by atoms with Crippen LogP contribution in [0.25, 0.3) is 0 Å². The summed E-state index contributed by atoms with van der Waals surface area (Å²) >= 11 is 0. The molecule has 3 amide bonds. The number of anilines is 1. The fourth-order valence-corrected chi connectivity index (χ4v) is 4.19. The van der Waals surface area contributed by atoms with E-state index in [1.807, 2.05) is 60.4 Å². The Labute approximate surface area is 182 Å². The number of nitrogens with one attached hydrogen (secondary N) is 1. The Kier molecular flexibility index (Phi) is 6.30. The highest BCUT2D eigenvalue weighted by Crippen LogP contribution is 2.34. The van der Waals surface area contributed by atoms with E-state index in [4.69, 9.17) is 9.47 Å². The highest BCUT2D eigenvalue weighted by Gasteiger charge is 2.33. The van der Waals surface area contributed by atoms with Gasteiger partial charge in [0.25, 0.3) is 0 Å². The number of urea groups is 1. The smallest absolute Gasteiger partial charge is 0.324 e. The number of hydrogen-bond donors (Lipinski definition) is 1.